The van der Waals surface area contributed by atoms with Crippen LogP contribution < -0.4 is 10.1 Å². The zero-order valence-corrected chi connectivity index (χ0v) is 13.4. The maximum atomic E-state index is 6.08. The van der Waals surface area contributed by atoms with Crippen molar-refractivity contribution < 1.29 is 4.74 Å². The number of rotatable bonds is 7. The van der Waals surface area contributed by atoms with Crippen LogP contribution in [0.2, 0.25) is 5.02 Å². The molecule has 0 amide bonds. The molecule has 0 saturated carbocycles. The Morgan fingerprint density at radius 3 is 2.48 bits per heavy atom. The number of halogens is 1. The van der Waals surface area contributed by atoms with Crippen molar-refractivity contribution in [2.75, 3.05) is 13.7 Å². The van der Waals surface area contributed by atoms with Crippen LogP contribution in [0.25, 0.3) is 0 Å². The summed E-state index contributed by atoms with van der Waals surface area (Å²) in [6, 6.07) is 16.3. The van der Waals surface area contributed by atoms with E-state index in [4.69, 9.17) is 16.3 Å². The van der Waals surface area contributed by atoms with E-state index in [1.54, 1.807) is 0 Å². The Morgan fingerprint density at radius 2 is 1.86 bits per heavy atom. The van der Waals surface area contributed by atoms with E-state index in [1.165, 1.54) is 5.56 Å². The summed E-state index contributed by atoms with van der Waals surface area (Å²) in [5.74, 6) is 0.924. The highest BCUT2D eigenvalue weighted by Crippen LogP contribution is 2.25. The van der Waals surface area contributed by atoms with Gasteiger partial charge in [-0.3, -0.25) is 0 Å². The maximum absolute atomic E-state index is 6.08. The molecule has 0 fully saturated rings. The highest BCUT2D eigenvalue weighted by Gasteiger charge is 2.12. The molecule has 0 heterocycles. The molecule has 0 aliphatic carbocycles. The van der Waals surface area contributed by atoms with Gasteiger partial charge in [-0.05, 0) is 48.9 Å². The molecular weight excluding hydrogens is 282 g/mol. The normalized spacial score (nSPS) is 12.1. The van der Waals surface area contributed by atoms with Gasteiger partial charge in [0.2, 0.25) is 0 Å². The smallest absolute Gasteiger partial charge is 0.119 e. The van der Waals surface area contributed by atoms with E-state index in [0.717, 1.165) is 35.8 Å². The van der Waals surface area contributed by atoms with Gasteiger partial charge in [0.1, 0.15) is 5.75 Å². The minimum atomic E-state index is 0.133. The summed E-state index contributed by atoms with van der Waals surface area (Å²) >= 11 is 6.08. The van der Waals surface area contributed by atoms with Crippen molar-refractivity contribution in [3.8, 4) is 5.75 Å². The van der Waals surface area contributed by atoms with Gasteiger partial charge in [0, 0.05) is 5.02 Å². The van der Waals surface area contributed by atoms with Gasteiger partial charge in [0.15, 0.2) is 0 Å². The third kappa shape index (κ3) is 4.48. The van der Waals surface area contributed by atoms with Crippen molar-refractivity contribution in [1.29, 1.82) is 0 Å². The fourth-order valence-electron chi connectivity index (χ4n) is 2.30. The molecule has 0 spiro atoms. The van der Waals surface area contributed by atoms with E-state index in [0.29, 0.717) is 0 Å². The lowest BCUT2D eigenvalue weighted by Gasteiger charge is -2.18. The van der Waals surface area contributed by atoms with Crippen LogP contribution in [0, 0.1) is 0 Å². The number of unbranched alkanes of at least 4 members (excludes halogenated alkanes) is 1. The first kappa shape index (κ1) is 15.9. The molecule has 0 bridgehead atoms. The van der Waals surface area contributed by atoms with Crippen LogP contribution in [0.15, 0.2) is 48.5 Å². The molecule has 0 saturated heterocycles. The van der Waals surface area contributed by atoms with Gasteiger partial charge in [0.05, 0.1) is 12.6 Å². The molecule has 0 radical (unpaired) electrons. The van der Waals surface area contributed by atoms with Gasteiger partial charge in [-0.15, -0.1) is 0 Å². The largest absolute Gasteiger partial charge is 0.494 e. The van der Waals surface area contributed by atoms with Gasteiger partial charge < -0.3 is 10.1 Å². The van der Waals surface area contributed by atoms with Crippen molar-refractivity contribution in [2.45, 2.75) is 25.8 Å². The molecule has 2 rings (SSSR count). The van der Waals surface area contributed by atoms with E-state index in [2.05, 4.69) is 30.4 Å². The Kier molecular flexibility index (Phi) is 6.09. The van der Waals surface area contributed by atoms with Gasteiger partial charge in [-0.25, -0.2) is 0 Å². The van der Waals surface area contributed by atoms with Crippen molar-refractivity contribution in [1.82, 2.24) is 5.32 Å². The molecule has 2 aromatic carbocycles. The topological polar surface area (TPSA) is 21.3 Å². The zero-order valence-electron chi connectivity index (χ0n) is 12.6. The van der Waals surface area contributed by atoms with Gasteiger partial charge in [0.25, 0.3) is 0 Å². The molecule has 2 nitrogen and oxygen atoms in total. The molecule has 112 valence electrons. The van der Waals surface area contributed by atoms with Gasteiger partial charge in [-0.1, -0.05) is 49.2 Å². The highest BCUT2D eigenvalue weighted by molar-refractivity contribution is 6.30. The van der Waals surface area contributed by atoms with E-state index in [-0.39, 0.29) is 6.04 Å². The number of benzene rings is 2. The third-order valence-corrected chi connectivity index (χ3v) is 3.69. The molecule has 0 aliphatic heterocycles. The summed E-state index contributed by atoms with van der Waals surface area (Å²) < 4.78 is 5.70. The first-order valence-electron chi connectivity index (χ1n) is 7.40. The lowest BCUT2D eigenvalue weighted by atomic mass is 9.99. The molecular formula is C18H22ClNO. The molecule has 0 aliphatic rings. The summed E-state index contributed by atoms with van der Waals surface area (Å²) in [5, 5.41) is 4.09. The summed E-state index contributed by atoms with van der Waals surface area (Å²) in [4.78, 5) is 0. The molecule has 1 unspecified atom stereocenters. The monoisotopic (exact) mass is 303 g/mol. The van der Waals surface area contributed by atoms with Crippen molar-refractivity contribution in [3.05, 3.63) is 64.7 Å². The number of hydrogen-bond donors (Lipinski definition) is 1. The standard InChI is InChI=1S/C18H22ClNO/c1-3-4-12-21-17-10-8-14(9-11-17)18(20-2)15-6-5-7-16(19)13-15/h5-11,13,18,20H,3-4,12H2,1-2H3. The number of ether oxygens (including phenoxy) is 1. The van der Waals surface area contributed by atoms with Gasteiger partial charge in [-0.2, -0.15) is 0 Å². The second-order valence-corrected chi connectivity index (χ2v) is 5.48. The van der Waals surface area contributed by atoms with E-state index in [9.17, 15) is 0 Å². The fraction of sp³-hybridized carbons (Fsp3) is 0.333. The SMILES string of the molecule is CCCCOc1ccc(C(NC)c2cccc(Cl)c2)cc1. The Hall–Kier alpha value is -1.51. The zero-order chi connectivity index (χ0) is 15.1. The predicted octanol–water partition coefficient (Wildman–Crippen LogP) is 4.83. The van der Waals surface area contributed by atoms with E-state index in [1.807, 2.05) is 37.4 Å². The van der Waals surface area contributed by atoms with Crippen LogP contribution >= 0.6 is 11.6 Å². The highest BCUT2D eigenvalue weighted by atomic mass is 35.5. The summed E-state index contributed by atoms with van der Waals surface area (Å²) in [5.41, 5.74) is 2.35. The first-order chi connectivity index (χ1) is 10.2. The Labute approximate surface area is 132 Å². The quantitative estimate of drug-likeness (QED) is 0.740. The Bertz CT molecular complexity index is 553. The molecule has 2 aromatic rings. The van der Waals surface area contributed by atoms with E-state index < -0.39 is 0 Å². The third-order valence-electron chi connectivity index (χ3n) is 3.45. The van der Waals surface area contributed by atoms with Crippen LogP contribution in [0.5, 0.6) is 5.75 Å². The molecule has 1 atom stereocenters. The average molecular weight is 304 g/mol. The average Bonchev–Trinajstić information content (AvgIpc) is 2.50. The molecule has 21 heavy (non-hydrogen) atoms. The number of hydrogen-bond acceptors (Lipinski definition) is 2. The molecule has 1 N–H and O–H groups in total. The summed E-state index contributed by atoms with van der Waals surface area (Å²) in [6.45, 7) is 2.94. The molecule has 0 aromatic heterocycles. The Morgan fingerprint density at radius 1 is 1.10 bits per heavy atom. The second kappa shape index (κ2) is 8.06. The predicted molar refractivity (Wildman–Crippen MR) is 89.2 cm³/mol. The van der Waals surface area contributed by atoms with Crippen LogP contribution in [0.4, 0.5) is 0 Å². The minimum Gasteiger partial charge on any atom is -0.494 e. The summed E-state index contributed by atoms with van der Waals surface area (Å²) in [6.07, 6.45) is 2.23. The first-order valence-corrected chi connectivity index (χ1v) is 7.78. The maximum Gasteiger partial charge on any atom is 0.119 e. The van der Waals surface area contributed by atoms with Crippen molar-refractivity contribution >= 4 is 11.6 Å². The Balaban J connectivity index is 2.12. The summed E-state index contributed by atoms with van der Waals surface area (Å²) in [7, 11) is 1.96. The van der Waals surface area contributed by atoms with Crippen LogP contribution in [0.1, 0.15) is 36.9 Å². The fourth-order valence-corrected chi connectivity index (χ4v) is 2.50. The minimum absolute atomic E-state index is 0.133. The molecule has 3 heteroatoms. The van der Waals surface area contributed by atoms with Crippen LogP contribution in [-0.2, 0) is 0 Å². The van der Waals surface area contributed by atoms with Crippen molar-refractivity contribution in [2.24, 2.45) is 0 Å². The van der Waals surface area contributed by atoms with E-state index >= 15 is 0 Å². The lowest BCUT2D eigenvalue weighted by Crippen LogP contribution is -2.17. The number of nitrogens with one attached hydrogen (secondary N) is 1. The van der Waals surface area contributed by atoms with Crippen LogP contribution in [0.3, 0.4) is 0 Å². The van der Waals surface area contributed by atoms with Gasteiger partial charge >= 0.3 is 0 Å². The lowest BCUT2D eigenvalue weighted by molar-refractivity contribution is 0.309. The second-order valence-electron chi connectivity index (χ2n) is 5.05. The van der Waals surface area contributed by atoms with Crippen molar-refractivity contribution in [3.63, 3.8) is 0 Å². The van der Waals surface area contributed by atoms with Crippen LogP contribution in [-0.4, -0.2) is 13.7 Å².